The van der Waals surface area contributed by atoms with E-state index in [0.29, 0.717) is 17.6 Å². The minimum atomic E-state index is 0.293. The van der Waals surface area contributed by atoms with Crippen molar-refractivity contribution in [3.8, 4) is 11.6 Å². The average molecular weight is 297 g/mol. The van der Waals surface area contributed by atoms with Crippen LogP contribution < -0.4 is 5.32 Å². The Hall–Kier alpha value is -1.50. The molecule has 0 aliphatic rings. The number of anilines is 1. The van der Waals surface area contributed by atoms with Gasteiger partial charge in [0.1, 0.15) is 12.1 Å². The van der Waals surface area contributed by atoms with E-state index in [4.69, 9.17) is 0 Å². The molecule has 2 N–H and O–H groups in total. The Labute approximate surface area is 107 Å². The standard InChI is InChI=1S/C10H13BrN6/c1-5(2)7-6(11)8(12-3)16-10(15-7)9-13-4-14-17-9/h4-5H,1-3H3,(H,12,15,16)(H,13,14,17). The summed E-state index contributed by atoms with van der Waals surface area (Å²) in [7, 11) is 1.82. The maximum atomic E-state index is 4.49. The largest absolute Gasteiger partial charge is 0.372 e. The summed E-state index contributed by atoms with van der Waals surface area (Å²) in [6.45, 7) is 4.16. The predicted molar refractivity (Wildman–Crippen MR) is 68.7 cm³/mol. The first-order valence-electron chi connectivity index (χ1n) is 5.24. The van der Waals surface area contributed by atoms with Crippen LogP contribution in [0, 0.1) is 0 Å². The highest BCUT2D eigenvalue weighted by Gasteiger charge is 2.16. The van der Waals surface area contributed by atoms with Crippen LogP contribution in [0.15, 0.2) is 10.8 Å². The summed E-state index contributed by atoms with van der Waals surface area (Å²) in [5, 5.41) is 9.60. The van der Waals surface area contributed by atoms with Crippen LogP contribution in [0.4, 0.5) is 5.82 Å². The monoisotopic (exact) mass is 296 g/mol. The fourth-order valence-corrected chi connectivity index (χ4v) is 2.27. The average Bonchev–Trinajstić information content (AvgIpc) is 2.82. The highest BCUT2D eigenvalue weighted by molar-refractivity contribution is 9.10. The first-order valence-corrected chi connectivity index (χ1v) is 6.03. The predicted octanol–water partition coefficient (Wildman–Crippen LogP) is 2.19. The minimum Gasteiger partial charge on any atom is -0.372 e. The number of nitrogens with one attached hydrogen (secondary N) is 2. The van der Waals surface area contributed by atoms with Gasteiger partial charge in [0.2, 0.25) is 0 Å². The molecule has 0 aliphatic carbocycles. The van der Waals surface area contributed by atoms with E-state index < -0.39 is 0 Å². The molecule has 0 bridgehead atoms. The second-order valence-electron chi connectivity index (χ2n) is 3.83. The van der Waals surface area contributed by atoms with Gasteiger partial charge in [-0.2, -0.15) is 5.10 Å². The van der Waals surface area contributed by atoms with Crippen LogP contribution in [-0.2, 0) is 0 Å². The van der Waals surface area contributed by atoms with Crippen molar-refractivity contribution in [3.63, 3.8) is 0 Å². The fourth-order valence-electron chi connectivity index (χ4n) is 1.43. The van der Waals surface area contributed by atoms with E-state index in [-0.39, 0.29) is 0 Å². The molecule has 7 heteroatoms. The third kappa shape index (κ3) is 2.28. The van der Waals surface area contributed by atoms with E-state index in [9.17, 15) is 0 Å². The molecule has 0 radical (unpaired) electrons. The molecule has 0 amide bonds. The number of hydrogen-bond donors (Lipinski definition) is 2. The van der Waals surface area contributed by atoms with E-state index in [1.54, 1.807) is 0 Å². The Bertz CT molecular complexity index is 508. The number of halogens is 1. The highest BCUT2D eigenvalue weighted by atomic mass is 79.9. The number of aromatic nitrogens is 5. The number of nitrogens with zero attached hydrogens (tertiary/aromatic N) is 4. The lowest BCUT2D eigenvalue weighted by atomic mass is 10.1. The molecule has 6 nitrogen and oxygen atoms in total. The molecule has 0 fully saturated rings. The van der Waals surface area contributed by atoms with Crippen molar-refractivity contribution in [1.82, 2.24) is 25.1 Å². The highest BCUT2D eigenvalue weighted by Crippen LogP contribution is 2.30. The molecule has 0 aromatic carbocycles. The van der Waals surface area contributed by atoms with E-state index in [1.807, 2.05) is 7.05 Å². The van der Waals surface area contributed by atoms with Gasteiger partial charge in [0, 0.05) is 7.05 Å². The van der Waals surface area contributed by atoms with Gasteiger partial charge in [-0.05, 0) is 21.8 Å². The van der Waals surface area contributed by atoms with E-state index >= 15 is 0 Å². The maximum absolute atomic E-state index is 4.49. The molecule has 2 aromatic heterocycles. The molecule has 0 saturated carbocycles. The van der Waals surface area contributed by atoms with Crippen LogP contribution in [0.3, 0.4) is 0 Å². The van der Waals surface area contributed by atoms with Crippen LogP contribution >= 0.6 is 15.9 Å². The Morgan fingerprint density at radius 2 is 2.12 bits per heavy atom. The third-order valence-corrected chi connectivity index (χ3v) is 3.07. The Balaban J connectivity index is 2.59. The van der Waals surface area contributed by atoms with Crippen molar-refractivity contribution in [2.24, 2.45) is 0 Å². The fraction of sp³-hybridized carbons (Fsp3) is 0.400. The summed E-state index contributed by atoms with van der Waals surface area (Å²) in [6.07, 6.45) is 1.44. The first kappa shape index (κ1) is 12.0. The van der Waals surface area contributed by atoms with Crippen LogP contribution in [0.5, 0.6) is 0 Å². The first-order chi connectivity index (χ1) is 8.13. The summed E-state index contributed by atoms with van der Waals surface area (Å²) in [4.78, 5) is 12.9. The maximum Gasteiger partial charge on any atom is 0.199 e. The number of hydrogen-bond acceptors (Lipinski definition) is 5. The second-order valence-corrected chi connectivity index (χ2v) is 4.63. The van der Waals surface area contributed by atoms with Gasteiger partial charge in [0.25, 0.3) is 0 Å². The quantitative estimate of drug-likeness (QED) is 0.908. The van der Waals surface area contributed by atoms with Gasteiger partial charge in [-0.1, -0.05) is 13.8 Å². The molecule has 2 heterocycles. The molecule has 0 atom stereocenters. The Morgan fingerprint density at radius 1 is 1.35 bits per heavy atom. The smallest absolute Gasteiger partial charge is 0.199 e. The third-order valence-electron chi connectivity index (χ3n) is 2.29. The van der Waals surface area contributed by atoms with Crippen molar-refractivity contribution >= 4 is 21.7 Å². The topological polar surface area (TPSA) is 79.4 Å². The summed E-state index contributed by atoms with van der Waals surface area (Å²) in [5.74, 6) is 2.14. The molecule has 0 unspecified atom stereocenters. The van der Waals surface area contributed by atoms with Crippen molar-refractivity contribution in [3.05, 3.63) is 16.5 Å². The molecular weight excluding hydrogens is 284 g/mol. The van der Waals surface area contributed by atoms with Crippen molar-refractivity contribution in [2.75, 3.05) is 12.4 Å². The normalized spacial score (nSPS) is 10.9. The van der Waals surface area contributed by atoms with Crippen LogP contribution in [0.2, 0.25) is 0 Å². The second kappa shape index (κ2) is 4.79. The summed E-state index contributed by atoms with van der Waals surface area (Å²) in [6, 6.07) is 0. The molecule has 90 valence electrons. The lowest BCUT2D eigenvalue weighted by Crippen LogP contribution is -2.05. The van der Waals surface area contributed by atoms with Gasteiger partial charge in [-0.15, -0.1) is 0 Å². The SMILES string of the molecule is CNc1nc(-c2ncn[nH]2)nc(C(C)C)c1Br. The Morgan fingerprint density at radius 3 is 2.65 bits per heavy atom. The Kier molecular flexibility index (Phi) is 3.37. The summed E-state index contributed by atoms with van der Waals surface area (Å²) < 4.78 is 0.887. The molecule has 17 heavy (non-hydrogen) atoms. The summed E-state index contributed by atoms with van der Waals surface area (Å²) >= 11 is 3.51. The summed E-state index contributed by atoms with van der Waals surface area (Å²) in [5.41, 5.74) is 0.941. The zero-order valence-corrected chi connectivity index (χ0v) is 11.4. The van der Waals surface area contributed by atoms with Crippen molar-refractivity contribution in [1.29, 1.82) is 0 Å². The zero-order chi connectivity index (χ0) is 12.4. The zero-order valence-electron chi connectivity index (χ0n) is 9.82. The van der Waals surface area contributed by atoms with Gasteiger partial charge in [0.05, 0.1) is 10.2 Å². The number of aromatic amines is 1. The van der Waals surface area contributed by atoms with E-state index in [1.165, 1.54) is 6.33 Å². The number of H-pyrrole nitrogens is 1. The van der Waals surface area contributed by atoms with Gasteiger partial charge in [0.15, 0.2) is 11.6 Å². The van der Waals surface area contributed by atoms with Crippen LogP contribution in [0.1, 0.15) is 25.5 Å². The minimum absolute atomic E-state index is 0.293. The lowest BCUT2D eigenvalue weighted by molar-refractivity contribution is 0.808. The van der Waals surface area contributed by atoms with Gasteiger partial charge in [-0.25, -0.2) is 15.0 Å². The lowest BCUT2D eigenvalue weighted by Gasteiger charge is -2.12. The van der Waals surface area contributed by atoms with E-state index in [2.05, 4.69) is 60.2 Å². The van der Waals surface area contributed by atoms with Gasteiger partial charge >= 0.3 is 0 Å². The number of rotatable bonds is 3. The van der Waals surface area contributed by atoms with Crippen LogP contribution in [0.25, 0.3) is 11.6 Å². The molecular formula is C10H13BrN6. The molecule has 0 spiro atoms. The molecule has 0 aliphatic heterocycles. The van der Waals surface area contributed by atoms with Crippen molar-refractivity contribution in [2.45, 2.75) is 19.8 Å². The van der Waals surface area contributed by atoms with E-state index in [0.717, 1.165) is 16.0 Å². The molecule has 2 aromatic rings. The van der Waals surface area contributed by atoms with Gasteiger partial charge in [-0.3, -0.25) is 5.10 Å². The van der Waals surface area contributed by atoms with Crippen LogP contribution in [-0.4, -0.2) is 32.2 Å². The molecule has 2 rings (SSSR count). The van der Waals surface area contributed by atoms with Gasteiger partial charge < -0.3 is 5.32 Å². The van der Waals surface area contributed by atoms with Crippen molar-refractivity contribution < 1.29 is 0 Å². The molecule has 0 saturated heterocycles.